The van der Waals surface area contributed by atoms with Crippen LogP contribution in [0.15, 0.2) is 90.0 Å². The molecule has 6 aromatic rings. The number of benzene rings is 3. The van der Waals surface area contributed by atoms with E-state index in [0.717, 1.165) is 16.5 Å². The van der Waals surface area contributed by atoms with Crippen molar-refractivity contribution in [3.05, 3.63) is 123 Å². The van der Waals surface area contributed by atoms with Gasteiger partial charge in [-0.3, -0.25) is 9.59 Å². The van der Waals surface area contributed by atoms with Crippen LogP contribution < -0.4 is 10.2 Å². The topological polar surface area (TPSA) is 77.0 Å². The van der Waals surface area contributed by atoms with Gasteiger partial charge < -0.3 is 14.3 Å². The second-order valence-electron chi connectivity index (χ2n) is 9.58. The second-order valence-corrected chi connectivity index (χ2v) is 10.0. The highest BCUT2D eigenvalue weighted by Gasteiger charge is 2.20. The molecule has 6 nitrogen and oxygen atoms in total. The normalized spacial score (nSPS) is 11.3. The first-order valence-electron chi connectivity index (χ1n) is 12.6. The minimum Gasteiger partial charge on any atom is -0.453 e. The van der Waals surface area contributed by atoms with Crippen molar-refractivity contribution in [3.8, 4) is 22.6 Å². The third-order valence-electron chi connectivity index (χ3n) is 7.14. The van der Waals surface area contributed by atoms with Crippen molar-refractivity contribution in [2.24, 2.45) is 7.05 Å². The Hall–Kier alpha value is -4.75. The summed E-state index contributed by atoms with van der Waals surface area (Å²) in [5, 5.41) is 1.50. The number of nitrogens with zero attached hydrogens (tertiary/aromatic N) is 2. The third-order valence-corrected chi connectivity index (χ3v) is 7.37. The van der Waals surface area contributed by atoms with Gasteiger partial charge in [0.25, 0.3) is 0 Å². The van der Waals surface area contributed by atoms with Crippen LogP contribution in [-0.2, 0) is 13.5 Å². The monoisotopic (exact) mass is 551 g/mol. The van der Waals surface area contributed by atoms with Crippen LogP contribution in [0.1, 0.15) is 21.6 Å². The predicted molar refractivity (Wildman–Crippen MR) is 155 cm³/mol. The van der Waals surface area contributed by atoms with E-state index in [2.05, 4.69) is 9.97 Å². The molecule has 0 fully saturated rings. The smallest absolute Gasteiger partial charge is 0.200 e. The first-order chi connectivity index (χ1) is 19.3. The average molecular weight is 552 g/mol. The molecule has 198 valence electrons. The molecular weight excluding hydrogens is 529 g/mol. The lowest BCUT2D eigenvalue weighted by Crippen LogP contribution is -2.23. The Morgan fingerprint density at radius 3 is 2.62 bits per heavy atom. The summed E-state index contributed by atoms with van der Waals surface area (Å²) in [4.78, 5) is 34.0. The zero-order valence-corrected chi connectivity index (χ0v) is 22.4. The summed E-state index contributed by atoms with van der Waals surface area (Å²) in [5.41, 5.74) is 3.79. The summed E-state index contributed by atoms with van der Waals surface area (Å²) in [6.07, 6.45) is 3.29. The first-order valence-corrected chi connectivity index (χ1v) is 13.0. The Morgan fingerprint density at radius 2 is 1.85 bits per heavy atom. The van der Waals surface area contributed by atoms with Crippen molar-refractivity contribution in [1.29, 1.82) is 0 Å². The number of fused-ring (bicyclic) bond motifs is 2. The van der Waals surface area contributed by atoms with Gasteiger partial charge in [0.2, 0.25) is 5.43 Å². The number of Topliss-reactive ketones (excluding diaryl/α,β-unsaturated/α-hetero) is 1. The van der Waals surface area contributed by atoms with Crippen LogP contribution >= 0.6 is 11.6 Å². The summed E-state index contributed by atoms with van der Waals surface area (Å²) in [7, 11) is 1.79. The van der Waals surface area contributed by atoms with Crippen LogP contribution in [0, 0.1) is 12.7 Å². The molecule has 0 saturated carbocycles. The quantitative estimate of drug-likeness (QED) is 0.219. The van der Waals surface area contributed by atoms with E-state index in [1.165, 1.54) is 12.1 Å². The molecule has 0 spiro atoms. The predicted octanol–water partition coefficient (Wildman–Crippen LogP) is 7.40. The molecule has 3 aromatic carbocycles. The molecule has 0 aliphatic heterocycles. The number of H-pyrrole nitrogens is 1. The van der Waals surface area contributed by atoms with Crippen molar-refractivity contribution in [3.63, 3.8) is 0 Å². The molecule has 6 rings (SSSR count). The Bertz CT molecular complexity index is 2000. The number of rotatable bonds is 6. The van der Waals surface area contributed by atoms with E-state index in [1.807, 2.05) is 36.5 Å². The minimum atomic E-state index is -0.623. The van der Waals surface area contributed by atoms with E-state index in [0.29, 0.717) is 38.6 Å². The number of aromatic amines is 1. The number of aryl methyl sites for hydroxylation is 1. The van der Waals surface area contributed by atoms with Crippen molar-refractivity contribution in [2.45, 2.75) is 13.3 Å². The SMILES string of the molecule is Cc1c(C(=O)Cc2ccc(Oc3ccnc4[nH]cc(-c5ccccc5)c34)c(F)c2)c(=O)c2cc(Cl)ccc2n1C. The van der Waals surface area contributed by atoms with Crippen LogP contribution in [0.25, 0.3) is 33.1 Å². The number of ether oxygens (including phenoxy) is 1. The molecule has 0 saturated heterocycles. The van der Waals surface area contributed by atoms with Gasteiger partial charge in [0.15, 0.2) is 17.3 Å². The highest BCUT2D eigenvalue weighted by molar-refractivity contribution is 6.31. The molecule has 40 heavy (non-hydrogen) atoms. The van der Waals surface area contributed by atoms with Crippen LogP contribution in [0.3, 0.4) is 0 Å². The van der Waals surface area contributed by atoms with Gasteiger partial charge >= 0.3 is 0 Å². The molecule has 0 aliphatic carbocycles. The fourth-order valence-electron chi connectivity index (χ4n) is 5.04. The number of carbonyl (C=O) groups is 1. The molecule has 3 aromatic heterocycles. The molecule has 0 bridgehead atoms. The molecular formula is C32H23ClFN3O3. The second kappa shape index (κ2) is 10.1. The zero-order valence-electron chi connectivity index (χ0n) is 21.7. The van der Waals surface area contributed by atoms with Gasteiger partial charge in [0.05, 0.1) is 16.5 Å². The van der Waals surface area contributed by atoms with Gasteiger partial charge in [-0.2, -0.15) is 0 Å². The summed E-state index contributed by atoms with van der Waals surface area (Å²) in [6, 6.07) is 20.8. The number of nitrogens with one attached hydrogen (secondary N) is 1. The number of ketones is 1. The van der Waals surface area contributed by atoms with Gasteiger partial charge in [-0.25, -0.2) is 9.37 Å². The van der Waals surface area contributed by atoms with Gasteiger partial charge in [0, 0.05) is 47.5 Å². The number of pyridine rings is 2. The minimum absolute atomic E-state index is 0.0105. The maximum atomic E-state index is 15.3. The van der Waals surface area contributed by atoms with Crippen LogP contribution in [-0.4, -0.2) is 20.3 Å². The molecule has 0 unspecified atom stereocenters. The van der Waals surface area contributed by atoms with Crippen LogP contribution in [0.5, 0.6) is 11.5 Å². The fraction of sp³-hybridized carbons (Fsp3) is 0.0938. The summed E-state index contributed by atoms with van der Waals surface area (Å²) in [5.74, 6) is -0.566. The zero-order chi connectivity index (χ0) is 28.0. The lowest BCUT2D eigenvalue weighted by molar-refractivity contribution is 0.0990. The fourth-order valence-corrected chi connectivity index (χ4v) is 5.22. The van der Waals surface area contributed by atoms with E-state index in [-0.39, 0.29) is 23.2 Å². The Morgan fingerprint density at radius 1 is 1.05 bits per heavy atom. The lowest BCUT2D eigenvalue weighted by Gasteiger charge is -2.14. The molecule has 0 atom stereocenters. The summed E-state index contributed by atoms with van der Waals surface area (Å²) < 4.78 is 23.1. The Balaban J connectivity index is 1.30. The highest BCUT2D eigenvalue weighted by Crippen LogP contribution is 2.37. The maximum absolute atomic E-state index is 15.3. The first kappa shape index (κ1) is 25.5. The summed E-state index contributed by atoms with van der Waals surface area (Å²) >= 11 is 6.11. The number of halogens is 2. The van der Waals surface area contributed by atoms with Crippen molar-refractivity contribution < 1.29 is 13.9 Å². The van der Waals surface area contributed by atoms with Gasteiger partial charge in [0.1, 0.15) is 11.4 Å². The molecule has 8 heteroatoms. The molecule has 0 aliphatic rings. The van der Waals surface area contributed by atoms with E-state index >= 15 is 4.39 Å². The summed E-state index contributed by atoms with van der Waals surface area (Å²) in [6.45, 7) is 1.72. The van der Waals surface area contributed by atoms with Gasteiger partial charge in [-0.05, 0) is 54.4 Å². The van der Waals surface area contributed by atoms with E-state index < -0.39 is 11.6 Å². The van der Waals surface area contributed by atoms with Crippen molar-refractivity contribution in [1.82, 2.24) is 14.5 Å². The standard InChI is InChI=1S/C32H23ClFN3O3/c1-18-29(31(39)22-16-21(33)9-10-25(22)37(18)2)26(38)15-19-8-11-27(24(34)14-19)40-28-12-13-35-32-30(28)23(17-36-32)20-6-4-3-5-7-20/h3-14,16-17H,15H2,1-2H3,(H,35,36). The van der Waals surface area contributed by atoms with E-state index in [1.54, 1.807) is 55.1 Å². The lowest BCUT2D eigenvalue weighted by atomic mass is 9.99. The van der Waals surface area contributed by atoms with E-state index in [9.17, 15) is 9.59 Å². The Kier molecular flexibility index (Phi) is 6.44. The number of hydrogen-bond acceptors (Lipinski definition) is 4. The molecule has 3 heterocycles. The number of hydrogen-bond donors (Lipinski definition) is 1. The highest BCUT2D eigenvalue weighted by atomic mass is 35.5. The van der Waals surface area contributed by atoms with Crippen LogP contribution in [0.4, 0.5) is 4.39 Å². The molecule has 0 radical (unpaired) electrons. The van der Waals surface area contributed by atoms with Crippen molar-refractivity contribution in [2.75, 3.05) is 0 Å². The average Bonchev–Trinajstić information content (AvgIpc) is 3.39. The molecule has 1 N–H and O–H groups in total. The largest absolute Gasteiger partial charge is 0.453 e. The van der Waals surface area contributed by atoms with Gasteiger partial charge in [-0.15, -0.1) is 0 Å². The van der Waals surface area contributed by atoms with Crippen LogP contribution in [0.2, 0.25) is 5.02 Å². The third kappa shape index (κ3) is 4.44. The van der Waals surface area contributed by atoms with E-state index in [4.69, 9.17) is 16.3 Å². The van der Waals surface area contributed by atoms with Crippen molar-refractivity contribution >= 4 is 39.3 Å². The Labute approximate surface area is 233 Å². The number of carbonyl (C=O) groups excluding carboxylic acids is 1. The molecule has 0 amide bonds. The maximum Gasteiger partial charge on any atom is 0.200 e. The van der Waals surface area contributed by atoms with Gasteiger partial charge in [-0.1, -0.05) is 48.0 Å². The number of aromatic nitrogens is 3.